The fourth-order valence-corrected chi connectivity index (χ4v) is 5.00. The first kappa shape index (κ1) is 30.9. The van der Waals surface area contributed by atoms with Gasteiger partial charge in [0.25, 0.3) is 0 Å². The predicted octanol–water partition coefficient (Wildman–Crippen LogP) is 2.34. The monoisotopic (exact) mass is 552 g/mol. The summed E-state index contributed by atoms with van der Waals surface area (Å²) in [5.74, 6) is 0.0144. The fourth-order valence-electron chi connectivity index (χ4n) is 5.00. The normalized spacial score (nSPS) is 24.7. The quantitative estimate of drug-likeness (QED) is 0.560. The first-order valence-electron chi connectivity index (χ1n) is 11.4. The summed E-state index contributed by atoms with van der Waals surface area (Å²) < 4.78 is 85.7. The number of nitrogens with one attached hydrogen (secondary N) is 1. The molecule has 206 valence electrons. The lowest BCUT2D eigenvalue weighted by Crippen LogP contribution is -3.01. The van der Waals surface area contributed by atoms with Gasteiger partial charge in [-0.25, -0.2) is 0 Å². The Labute approximate surface area is 218 Å². The molecule has 0 bridgehead atoms. The van der Waals surface area contributed by atoms with E-state index < -0.39 is 35.1 Å². The Morgan fingerprint density at radius 2 is 1.57 bits per heavy atom. The summed E-state index contributed by atoms with van der Waals surface area (Å²) >= 11 is 0. The highest BCUT2D eigenvalue weighted by molar-refractivity contribution is 5.79. The molecule has 37 heavy (non-hydrogen) atoms. The molecule has 4 rings (SSSR count). The number of rotatable bonds is 5. The van der Waals surface area contributed by atoms with Crippen LogP contribution in [0.15, 0.2) is 48.5 Å². The van der Waals surface area contributed by atoms with Crippen LogP contribution in [0, 0.1) is 0 Å². The van der Waals surface area contributed by atoms with Crippen LogP contribution >= 0.6 is 0 Å². The number of amides is 1. The number of alkyl halides is 6. The van der Waals surface area contributed by atoms with E-state index in [4.69, 9.17) is 4.74 Å². The van der Waals surface area contributed by atoms with E-state index in [1.54, 1.807) is 0 Å². The minimum Gasteiger partial charge on any atom is -1.00 e. The van der Waals surface area contributed by atoms with E-state index in [9.17, 15) is 31.1 Å². The van der Waals surface area contributed by atoms with Crippen LogP contribution in [0.1, 0.15) is 68.4 Å². The van der Waals surface area contributed by atoms with E-state index in [0.29, 0.717) is 37.9 Å². The molecule has 0 saturated carbocycles. The molecule has 3 atom stereocenters. The van der Waals surface area contributed by atoms with Crippen LogP contribution in [0.3, 0.4) is 0 Å². The summed E-state index contributed by atoms with van der Waals surface area (Å²) in [6, 6.07) is 11.0. The maximum absolute atomic E-state index is 13.3. The van der Waals surface area contributed by atoms with E-state index >= 15 is 0 Å². The largest absolute Gasteiger partial charge is 1.00 e. The standard InChI is InChI=1S/C25H26F6N2O2.CH4.ClH/c1-16(17-11-19(24(26,27)28)13-20(12-17)25(29,30)31)35-15-23(18-5-3-2-4-6-18)10-9-22(14-32-23)8-7-21(34)33-22;;/h2-6,11-13,16,32H,7-10,14-15H2,1H3,(H,33,34);1H4;1H/t16-,22-,23-;;/m1../s1. The topological polar surface area (TPSA) is 54.9 Å². The van der Waals surface area contributed by atoms with Crippen molar-refractivity contribution in [3.05, 3.63) is 70.8 Å². The maximum Gasteiger partial charge on any atom is 0.416 e. The molecule has 2 aromatic rings. The fraction of sp³-hybridized carbons (Fsp3) is 0.500. The lowest BCUT2D eigenvalue weighted by Gasteiger charge is -2.43. The maximum atomic E-state index is 13.3. The van der Waals surface area contributed by atoms with Crippen LogP contribution in [-0.4, -0.2) is 24.6 Å². The van der Waals surface area contributed by atoms with E-state index in [-0.39, 0.29) is 49.5 Å². The lowest BCUT2D eigenvalue weighted by molar-refractivity contribution is -0.754. The molecule has 0 aliphatic carbocycles. The Kier molecular flexibility index (Phi) is 9.37. The van der Waals surface area contributed by atoms with Crippen LogP contribution in [-0.2, 0) is 27.4 Å². The van der Waals surface area contributed by atoms with E-state index in [1.807, 2.05) is 30.3 Å². The third-order valence-electron chi connectivity index (χ3n) is 7.19. The first-order chi connectivity index (χ1) is 16.3. The van der Waals surface area contributed by atoms with Crippen molar-refractivity contribution in [1.82, 2.24) is 5.32 Å². The molecule has 3 N–H and O–H groups in total. The van der Waals surface area contributed by atoms with Gasteiger partial charge < -0.3 is 27.8 Å². The van der Waals surface area contributed by atoms with Crippen LogP contribution in [0.5, 0.6) is 0 Å². The third-order valence-corrected chi connectivity index (χ3v) is 7.19. The van der Waals surface area contributed by atoms with Gasteiger partial charge in [-0.1, -0.05) is 37.8 Å². The summed E-state index contributed by atoms with van der Waals surface area (Å²) in [7, 11) is 0. The number of carbonyl (C=O) groups excluding carboxylic acids is 1. The predicted molar refractivity (Wildman–Crippen MR) is 122 cm³/mol. The summed E-state index contributed by atoms with van der Waals surface area (Å²) in [5, 5.41) is 5.15. The van der Waals surface area contributed by atoms with Crippen molar-refractivity contribution in [1.29, 1.82) is 0 Å². The number of hydrogen-bond donors (Lipinski definition) is 2. The number of benzene rings is 2. The number of nitrogens with two attached hydrogens (primary N) is 1. The highest BCUT2D eigenvalue weighted by Gasteiger charge is 2.50. The molecular weight excluding hydrogens is 522 g/mol. The van der Waals surface area contributed by atoms with Crippen molar-refractivity contribution < 1.29 is 53.6 Å². The van der Waals surface area contributed by atoms with Crippen molar-refractivity contribution in [2.75, 3.05) is 13.2 Å². The van der Waals surface area contributed by atoms with Gasteiger partial charge in [0.1, 0.15) is 12.1 Å². The van der Waals surface area contributed by atoms with E-state index in [1.165, 1.54) is 6.92 Å². The number of quaternary nitrogens is 1. The molecule has 2 heterocycles. The highest BCUT2D eigenvalue weighted by Crippen LogP contribution is 2.39. The van der Waals surface area contributed by atoms with Gasteiger partial charge in [-0.3, -0.25) is 4.79 Å². The molecule has 0 aromatic heterocycles. The minimum atomic E-state index is -4.92. The van der Waals surface area contributed by atoms with Crippen molar-refractivity contribution in [2.45, 2.75) is 69.6 Å². The molecule has 1 spiro atoms. The van der Waals surface area contributed by atoms with Gasteiger partial charge in [-0.15, -0.1) is 0 Å². The van der Waals surface area contributed by atoms with Crippen LogP contribution in [0.4, 0.5) is 26.3 Å². The summed E-state index contributed by atoms with van der Waals surface area (Å²) in [5.41, 5.74) is -2.85. The number of hydrogen-bond acceptors (Lipinski definition) is 2. The zero-order chi connectivity index (χ0) is 25.5. The van der Waals surface area contributed by atoms with Gasteiger partial charge in [0.2, 0.25) is 5.91 Å². The molecular formula is C26H31ClF6N2O2. The van der Waals surface area contributed by atoms with E-state index in [0.717, 1.165) is 12.0 Å². The van der Waals surface area contributed by atoms with Crippen molar-refractivity contribution in [3.8, 4) is 0 Å². The molecule has 0 unspecified atom stereocenters. The van der Waals surface area contributed by atoms with Gasteiger partial charge in [0, 0.05) is 18.4 Å². The first-order valence-corrected chi connectivity index (χ1v) is 11.4. The van der Waals surface area contributed by atoms with Gasteiger partial charge >= 0.3 is 12.4 Å². The second-order valence-electron chi connectivity index (χ2n) is 9.55. The van der Waals surface area contributed by atoms with Crippen LogP contribution in [0.25, 0.3) is 0 Å². The van der Waals surface area contributed by atoms with Gasteiger partial charge in [-0.2, -0.15) is 26.3 Å². The molecule has 2 aliphatic heterocycles. The zero-order valence-corrected chi connectivity index (χ0v) is 20.2. The van der Waals surface area contributed by atoms with Gasteiger partial charge in [0.15, 0.2) is 0 Å². The molecule has 2 aliphatic rings. The number of carbonyl (C=O) groups is 1. The van der Waals surface area contributed by atoms with Crippen molar-refractivity contribution in [2.24, 2.45) is 0 Å². The smallest absolute Gasteiger partial charge is 0.416 e. The second kappa shape index (κ2) is 11.2. The molecule has 1 amide bonds. The van der Waals surface area contributed by atoms with Crippen LogP contribution < -0.4 is 23.0 Å². The molecule has 2 fully saturated rings. The summed E-state index contributed by atoms with van der Waals surface area (Å²) in [6.45, 7) is 2.14. The Hall–Kier alpha value is -2.30. The van der Waals surface area contributed by atoms with E-state index in [2.05, 4.69) is 10.6 Å². The Morgan fingerprint density at radius 3 is 2.03 bits per heavy atom. The lowest BCUT2D eigenvalue weighted by atomic mass is 9.76. The number of piperidine rings is 1. The minimum absolute atomic E-state index is 0. The molecule has 4 nitrogen and oxygen atoms in total. The Morgan fingerprint density at radius 1 is 0.973 bits per heavy atom. The van der Waals surface area contributed by atoms with Gasteiger partial charge in [0.05, 0.1) is 29.3 Å². The second-order valence-corrected chi connectivity index (χ2v) is 9.55. The summed E-state index contributed by atoms with van der Waals surface area (Å²) in [6.07, 6.45) is -8.32. The zero-order valence-electron chi connectivity index (χ0n) is 19.5. The third kappa shape index (κ3) is 6.78. The highest BCUT2D eigenvalue weighted by atomic mass is 35.5. The molecule has 0 radical (unpaired) electrons. The van der Waals surface area contributed by atoms with Gasteiger partial charge in [-0.05, 0) is 43.5 Å². The Bertz CT molecular complexity index is 1030. The van der Waals surface area contributed by atoms with Crippen molar-refractivity contribution >= 4 is 5.91 Å². The average molecular weight is 553 g/mol. The molecule has 2 saturated heterocycles. The Balaban J connectivity index is 0.00000241. The van der Waals surface area contributed by atoms with Crippen molar-refractivity contribution in [3.63, 3.8) is 0 Å². The summed E-state index contributed by atoms with van der Waals surface area (Å²) in [4.78, 5) is 11.8. The van der Waals surface area contributed by atoms with Crippen LogP contribution in [0.2, 0.25) is 0 Å². The number of ether oxygens (including phenoxy) is 1. The molecule has 2 aromatic carbocycles. The molecule has 11 heteroatoms. The average Bonchev–Trinajstić information content (AvgIpc) is 3.18. The number of halogens is 7. The SMILES string of the molecule is C.C[C@@H](OC[C@@]1(c2ccccc2)CC[C@]2(CCC(=O)N2)C[NH2+]1)c1cc(C(F)(F)F)cc(C(F)(F)F)c1.[Cl-].